The molecule has 0 bridgehead atoms. The third-order valence-electron chi connectivity index (χ3n) is 1.51. The first-order chi connectivity index (χ1) is 4.91. The van der Waals surface area contributed by atoms with E-state index in [0.29, 0.717) is 0 Å². The molecular weight excluding hydrogens is 120 g/mol. The number of hydrogen-bond acceptors (Lipinski definition) is 0. The van der Waals surface area contributed by atoms with Crippen molar-refractivity contribution >= 4 is 0 Å². The Kier molecular flexibility index (Phi) is 8.51. The molecule has 0 saturated carbocycles. The van der Waals surface area contributed by atoms with E-state index in [1.165, 1.54) is 25.7 Å². The summed E-state index contributed by atoms with van der Waals surface area (Å²) in [5.74, 6) is 0. The highest BCUT2D eigenvalue weighted by atomic mass is 13.9. The lowest BCUT2D eigenvalue weighted by Crippen LogP contribution is -1.70. The molecule has 0 aromatic rings. The highest BCUT2D eigenvalue weighted by Gasteiger charge is 1.80. The van der Waals surface area contributed by atoms with E-state index in [2.05, 4.69) is 32.4 Å². The Morgan fingerprint density at radius 3 is 2.50 bits per heavy atom. The van der Waals surface area contributed by atoms with Crippen molar-refractivity contribution in [1.29, 1.82) is 0 Å². The van der Waals surface area contributed by atoms with Crippen molar-refractivity contribution in [3.05, 3.63) is 18.6 Å². The van der Waals surface area contributed by atoms with Gasteiger partial charge in [0.1, 0.15) is 0 Å². The lowest BCUT2D eigenvalue weighted by Gasteiger charge is -1.90. The van der Waals surface area contributed by atoms with Gasteiger partial charge in [-0.15, -0.1) is 0 Å². The van der Waals surface area contributed by atoms with Crippen LogP contribution in [-0.2, 0) is 0 Å². The van der Waals surface area contributed by atoms with E-state index in [1.54, 1.807) is 0 Å². The molecule has 0 atom stereocenters. The molecule has 0 spiro atoms. The summed E-state index contributed by atoms with van der Waals surface area (Å²) in [4.78, 5) is 0. The maximum atomic E-state index is 2.29. The van der Waals surface area contributed by atoms with Gasteiger partial charge in [0, 0.05) is 0 Å². The normalized spacial score (nSPS) is 11.0. The maximum Gasteiger partial charge on any atom is -0.0322 e. The smallest absolute Gasteiger partial charge is 0.0322 e. The largest absolute Gasteiger partial charge is 0.0885 e. The standard InChI is InChI=1S/C10H19/c1-3-5-7-9-10-8-6-4-2/h3,7,9H,4-6,8,10H2,1-2H3. The predicted octanol–water partition coefficient (Wildman–Crippen LogP) is 3.74. The van der Waals surface area contributed by atoms with E-state index in [4.69, 9.17) is 0 Å². The zero-order chi connectivity index (χ0) is 7.66. The van der Waals surface area contributed by atoms with Gasteiger partial charge in [0.05, 0.1) is 0 Å². The van der Waals surface area contributed by atoms with Crippen molar-refractivity contribution in [1.82, 2.24) is 0 Å². The molecule has 0 unspecified atom stereocenters. The van der Waals surface area contributed by atoms with Crippen molar-refractivity contribution < 1.29 is 0 Å². The minimum Gasteiger partial charge on any atom is -0.0885 e. The van der Waals surface area contributed by atoms with Gasteiger partial charge in [-0.25, -0.2) is 0 Å². The summed E-state index contributed by atoms with van der Waals surface area (Å²) in [6, 6.07) is 0. The Morgan fingerprint density at radius 2 is 1.90 bits per heavy atom. The van der Waals surface area contributed by atoms with Gasteiger partial charge in [0.25, 0.3) is 0 Å². The van der Waals surface area contributed by atoms with Gasteiger partial charge in [-0.1, -0.05) is 38.8 Å². The zero-order valence-electron chi connectivity index (χ0n) is 7.27. The second kappa shape index (κ2) is 8.74. The quantitative estimate of drug-likeness (QED) is 0.388. The SMILES string of the molecule is C[CH]CC=CCCCCC. The molecule has 0 aliphatic heterocycles. The zero-order valence-corrected chi connectivity index (χ0v) is 7.27. The van der Waals surface area contributed by atoms with Gasteiger partial charge in [-0.05, 0) is 25.7 Å². The minimum absolute atomic E-state index is 1.13. The average molecular weight is 139 g/mol. The summed E-state index contributed by atoms with van der Waals surface area (Å²) >= 11 is 0. The summed E-state index contributed by atoms with van der Waals surface area (Å²) in [5, 5.41) is 0. The molecule has 0 aliphatic carbocycles. The Morgan fingerprint density at radius 1 is 1.10 bits per heavy atom. The molecule has 0 N–H and O–H groups in total. The topological polar surface area (TPSA) is 0 Å². The van der Waals surface area contributed by atoms with Crippen LogP contribution in [0, 0.1) is 6.42 Å². The molecule has 59 valence electrons. The van der Waals surface area contributed by atoms with Gasteiger partial charge in [-0.2, -0.15) is 0 Å². The van der Waals surface area contributed by atoms with Crippen LogP contribution in [0.5, 0.6) is 0 Å². The molecule has 10 heavy (non-hydrogen) atoms. The molecule has 0 aliphatic rings. The highest BCUT2D eigenvalue weighted by molar-refractivity contribution is 4.84. The lowest BCUT2D eigenvalue weighted by molar-refractivity contribution is 0.728. The Labute approximate surface area is 65.3 Å². The summed E-state index contributed by atoms with van der Waals surface area (Å²) in [6.07, 6.45) is 13.2. The molecule has 1 radical (unpaired) electrons. The third kappa shape index (κ3) is 7.74. The van der Waals surface area contributed by atoms with E-state index in [1.807, 2.05) is 0 Å². The number of hydrogen-bond donors (Lipinski definition) is 0. The summed E-state index contributed by atoms with van der Waals surface area (Å²) in [6.45, 7) is 4.33. The molecule has 0 nitrogen and oxygen atoms in total. The van der Waals surface area contributed by atoms with E-state index >= 15 is 0 Å². The fourth-order valence-corrected chi connectivity index (χ4v) is 0.862. The first-order valence-corrected chi connectivity index (χ1v) is 4.34. The molecular formula is C10H19. The summed E-state index contributed by atoms with van der Waals surface area (Å²) in [7, 11) is 0. The second-order valence-corrected chi connectivity index (χ2v) is 2.61. The van der Waals surface area contributed by atoms with E-state index < -0.39 is 0 Å². The number of rotatable bonds is 6. The van der Waals surface area contributed by atoms with Gasteiger partial charge in [0.15, 0.2) is 0 Å². The van der Waals surface area contributed by atoms with Crippen molar-refractivity contribution in [2.75, 3.05) is 0 Å². The molecule has 0 rings (SSSR count). The van der Waals surface area contributed by atoms with Crippen LogP contribution in [0.1, 0.15) is 46.0 Å². The molecule has 0 aromatic carbocycles. The van der Waals surface area contributed by atoms with E-state index in [-0.39, 0.29) is 0 Å². The first-order valence-electron chi connectivity index (χ1n) is 4.34. The van der Waals surface area contributed by atoms with Crippen LogP contribution in [0.25, 0.3) is 0 Å². The second-order valence-electron chi connectivity index (χ2n) is 2.61. The molecule has 0 heterocycles. The van der Waals surface area contributed by atoms with Crippen LogP contribution in [0.4, 0.5) is 0 Å². The number of allylic oxidation sites excluding steroid dienone is 2. The van der Waals surface area contributed by atoms with Crippen molar-refractivity contribution in [3.8, 4) is 0 Å². The molecule has 0 heteroatoms. The third-order valence-corrected chi connectivity index (χ3v) is 1.51. The fourth-order valence-electron chi connectivity index (χ4n) is 0.862. The summed E-state index contributed by atoms with van der Waals surface area (Å²) in [5.41, 5.74) is 0. The van der Waals surface area contributed by atoms with Crippen LogP contribution in [0.3, 0.4) is 0 Å². The lowest BCUT2D eigenvalue weighted by atomic mass is 10.2. The van der Waals surface area contributed by atoms with Crippen LogP contribution in [-0.4, -0.2) is 0 Å². The first kappa shape index (κ1) is 9.74. The minimum atomic E-state index is 1.13. The van der Waals surface area contributed by atoms with Crippen molar-refractivity contribution in [3.63, 3.8) is 0 Å². The monoisotopic (exact) mass is 139 g/mol. The predicted molar refractivity (Wildman–Crippen MR) is 47.9 cm³/mol. The van der Waals surface area contributed by atoms with Crippen LogP contribution in [0.2, 0.25) is 0 Å². The van der Waals surface area contributed by atoms with Gasteiger partial charge in [-0.3, -0.25) is 0 Å². The maximum absolute atomic E-state index is 2.29. The van der Waals surface area contributed by atoms with Gasteiger partial charge in [0.2, 0.25) is 0 Å². The highest BCUT2D eigenvalue weighted by Crippen LogP contribution is 2.00. The van der Waals surface area contributed by atoms with Crippen LogP contribution in [0.15, 0.2) is 12.2 Å². The molecule has 0 aromatic heterocycles. The van der Waals surface area contributed by atoms with Crippen molar-refractivity contribution in [2.45, 2.75) is 46.0 Å². The summed E-state index contributed by atoms with van der Waals surface area (Å²) < 4.78 is 0. The van der Waals surface area contributed by atoms with E-state index in [9.17, 15) is 0 Å². The van der Waals surface area contributed by atoms with Crippen molar-refractivity contribution in [2.24, 2.45) is 0 Å². The molecule has 0 fully saturated rings. The fraction of sp³-hybridized carbons (Fsp3) is 0.700. The van der Waals surface area contributed by atoms with Gasteiger partial charge < -0.3 is 0 Å². The Hall–Kier alpha value is -0.260. The Balaban J connectivity index is 2.88. The number of unbranched alkanes of at least 4 members (excludes halogenated alkanes) is 4. The van der Waals surface area contributed by atoms with Crippen LogP contribution >= 0.6 is 0 Å². The molecule has 0 saturated heterocycles. The molecule has 0 amide bonds. The average Bonchev–Trinajstić information content (AvgIpc) is 1.97. The van der Waals surface area contributed by atoms with Crippen LogP contribution < -0.4 is 0 Å². The van der Waals surface area contributed by atoms with E-state index in [0.717, 1.165) is 6.42 Å². The van der Waals surface area contributed by atoms with Gasteiger partial charge >= 0.3 is 0 Å². The Bertz CT molecular complexity index is 72.1.